The minimum absolute atomic E-state index is 0.0901. The highest BCUT2D eigenvalue weighted by Gasteiger charge is 2.15. The molecule has 5 nitrogen and oxygen atoms in total. The second-order valence-electron chi connectivity index (χ2n) is 7.55. The zero-order valence-electron chi connectivity index (χ0n) is 18.8. The summed E-state index contributed by atoms with van der Waals surface area (Å²) in [5, 5.41) is 11.9. The summed E-state index contributed by atoms with van der Waals surface area (Å²) in [7, 11) is 1.64. The number of rotatable bonds is 11. The first-order chi connectivity index (χ1) is 15.7. The average Bonchev–Trinajstić information content (AvgIpc) is 2.85. The molecule has 0 atom stereocenters. The Bertz CT molecular complexity index is 1020. The van der Waals surface area contributed by atoms with E-state index in [2.05, 4.69) is 30.4 Å². The minimum Gasteiger partial charge on any atom is -0.497 e. The molecule has 3 aromatic carbocycles. The van der Waals surface area contributed by atoms with Gasteiger partial charge in [0.15, 0.2) is 0 Å². The third kappa shape index (κ3) is 6.11. The molecule has 0 aromatic heterocycles. The van der Waals surface area contributed by atoms with Crippen molar-refractivity contribution in [3.63, 3.8) is 0 Å². The van der Waals surface area contributed by atoms with Crippen LogP contribution in [-0.2, 0) is 12.8 Å². The van der Waals surface area contributed by atoms with Crippen LogP contribution in [0.4, 0.5) is 0 Å². The Kier molecular flexibility index (Phi) is 8.70. The van der Waals surface area contributed by atoms with Crippen molar-refractivity contribution in [1.82, 2.24) is 5.32 Å². The molecule has 0 aliphatic rings. The van der Waals surface area contributed by atoms with Crippen LogP contribution >= 0.6 is 0 Å². The van der Waals surface area contributed by atoms with E-state index in [1.165, 1.54) is 5.56 Å². The van der Waals surface area contributed by atoms with Gasteiger partial charge in [-0.25, -0.2) is 0 Å². The molecule has 168 valence electrons. The van der Waals surface area contributed by atoms with Crippen molar-refractivity contribution in [3.05, 3.63) is 83.4 Å². The normalized spacial score (nSPS) is 10.6. The number of carbonyl (C=O) groups excluding carboxylic acids is 1. The number of aliphatic hydroxyl groups is 1. The van der Waals surface area contributed by atoms with E-state index < -0.39 is 0 Å². The molecule has 32 heavy (non-hydrogen) atoms. The molecule has 0 saturated carbocycles. The molecule has 0 unspecified atom stereocenters. The first-order valence-corrected chi connectivity index (χ1v) is 11.0. The van der Waals surface area contributed by atoms with Gasteiger partial charge in [0.1, 0.15) is 11.5 Å². The molecule has 2 N–H and O–H groups in total. The lowest BCUT2D eigenvalue weighted by atomic mass is 9.94. The first kappa shape index (κ1) is 23.4. The second kappa shape index (κ2) is 11.9. The van der Waals surface area contributed by atoms with Crippen LogP contribution in [0.3, 0.4) is 0 Å². The summed E-state index contributed by atoms with van der Waals surface area (Å²) < 4.78 is 11.4. The maximum atomic E-state index is 12.7. The lowest BCUT2D eigenvalue weighted by molar-refractivity contribution is 0.0944. The van der Waals surface area contributed by atoms with Crippen LogP contribution in [0, 0.1) is 0 Å². The molecule has 0 saturated heterocycles. The molecule has 3 rings (SSSR count). The van der Waals surface area contributed by atoms with Crippen molar-refractivity contribution in [2.75, 3.05) is 26.9 Å². The number of aryl methyl sites for hydroxylation is 2. The van der Waals surface area contributed by atoms with Gasteiger partial charge >= 0.3 is 0 Å². The third-order valence-electron chi connectivity index (χ3n) is 5.23. The van der Waals surface area contributed by atoms with Crippen LogP contribution < -0.4 is 14.8 Å². The monoisotopic (exact) mass is 433 g/mol. The van der Waals surface area contributed by atoms with Crippen molar-refractivity contribution in [2.24, 2.45) is 0 Å². The van der Waals surface area contributed by atoms with Gasteiger partial charge in [-0.2, -0.15) is 0 Å². The fourth-order valence-corrected chi connectivity index (χ4v) is 3.58. The predicted molar refractivity (Wildman–Crippen MR) is 127 cm³/mol. The van der Waals surface area contributed by atoms with Gasteiger partial charge in [-0.1, -0.05) is 49.4 Å². The predicted octanol–water partition coefficient (Wildman–Crippen LogP) is 4.66. The Morgan fingerprint density at radius 3 is 2.53 bits per heavy atom. The second-order valence-corrected chi connectivity index (χ2v) is 7.55. The number of ether oxygens (including phenoxy) is 2. The minimum atomic E-state index is -0.175. The summed E-state index contributed by atoms with van der Waals surface area (Å²) in [6.45, 7) is 2.82. The molecule has 0 spiro atoms. The fourth-order valence-electron chi connectivity index (χ4n) is 3.58. The van der Waals surface area contributed by atoms with Gasteiger partial charge < -0.3 is 19.9 Å². The molecule has 3 aromatic rings. The van der Waals surface area contributed by atoms with E-state index >= 15 is 0 Å². The van der Waals surface area contributed by atoms with Crippen molar-refractivity contribution >= 4 is 5.91 Å². The maximum absolute atomic E-state index is 12.7. The van der Waals surface area contributed by atoms with E-state index in [1.54, 1.807) is 7.11 Å². The molecule has 0 aliphatic heterocycles. The third-order valence-corrected chi connectivity index (χ3v) is 5.23. The number of methoxy groups -OCH3 is 1. The smallest absolute Gasteiger partial charge is 0.251 e. The molecule has 1 amide bonds. The lowest BCUT2D eigenvalue weighted by Crippen LogP contribution is -2.27. The highest BCUT2D eigenvalue weighted by molar-refractivity contribution is 5.96. The highest BCUT2D eigenvalue weighted by Crippen LogP contribution is 2.35. The number of amides is 1. The average molecular weight is 434 g/mol. The van der Waals surface area contributed by atoms with E-state index in [4.69, 9.17) is 14.6 Å². The van der Waals surface area contributed by atoms with Gasteiger partial charge in [0.05, 0.1) is 20.3 Å². The Morgan fingerprint density at radius 1 is 1.00 bits per heavy atom. The summed E-state index contributed by atoms with van der Waals surface area (Å²) in [5.41, 5.74) is 4.75. The number of carbonyl (C=O) groups is 1. The quantitative estimate of drug-likeness (QED) is 0.462. The van der Waals surface area contributed by atoms with Gasteiger partial charge in [0.25, 0.3) is 5.91 Å². The first-order valence-electron chi connectivity index (χ1n) is 11.0. The van der Waals surface area contributed by atoms with E-state index in [0.717, 1.165) is 47.5 Å². The number of hydrogen-bond acceptors (Lipinski definition) is 4. The molecular weight excluding hydrogens is 402 g/mol. The standard InChI is InChI=1S/C27H31NO4/c1-3-17-32-26-19-23(31-2)12-14-24(26)21-11-13-25(27(30)28-15-16-29)22(18-21)10-9-20-7-5-4-6-8-20/h4-8,11-14,18-19,29H,3,9-10,15-17H2,1-2H3,(H,28,30). The number of hydrogen-bond donors (Lipinski definition) is 2. The highest BCUT2D eigenvalue weighted by atomic mass is 16.5. The van der Waals surface area contributed by atoms with Gasteiger partial charge in [0, 0.05) is 23.7 Å². The van der Waals surface area contributed by atoms with Crippen LogP contribution in [0.1, 0.15) is 34.8 Å². The van der Waals surface area contributed by atoms with Gasteiger partial charge in [0.2, 0.25) is 0 Å². The summed E-state index contributed by atoms with van der Waals surface area (Å²) in [5.74, 6) is 1.33. The van der Waals surface area contributed by atoms with E-state index in [0.29, 0.717) is 12.2 Å². The zero-order valence-corrected chi connectivity index (χ0v) is 18.8. The largest absolute Gasteiger partial charge is 0.497 e. The topological polar surface area (TPSA) is 67.8 Å². The van der Waals surface area contributed by atoms with Crippen LogP contribution in [-0.4, -0.2) is 37.9 Å². The van der Waals surface area contributed by atoms with Crippen LogP contribution in [0.15, 0.2) is 66.7 Å². The van der Waals surface area contributed by atoms with E-state index in [1.807, 2.05) is 48.5 Å². The SMILES string of the molecule is CCCOc1cc(OC)ccc1-c1ccc(C(=O)NCCO)c(CCc2ccccc2)c1. The van der Waals surface area contributed by atoms with Crippen molar-refractivity contribution in [2.45, 2.75) is 26.2 Å². The van der Waals surface area contributed by atoms with Crippen molar-refractivity contribution in [3.8, 4) is 22.6 Å². The Hall–Kier alpha value is -3.31. The van der Waals surface area contributed by atoms with E-state index in [9.17, 15) is 4.79 Å². The van der Waals surface area contributed by atoms with Crippen LogP contribution in [0.25, 0.3) is 11.1 Å². The lowest BCUT2D eigenvalue weighted by Gasteiger charge is -2.16. The number of aliphatic hydroxyl groups excluding tert-OH is 1. The summed E-state index contributed by atoms with van der Waals surface area (Å²) in [4.78, 5) is 12.7. The Labute approximate surface area is 190 Å². The fraction of sp³-hybridized carbons (Fsp3) is 0.296. The van der Waals surface area contributed by atoms with Gasteiger partial charge in [-0.05, 0) is 54.2 Å². The van der Waals surface area contributed by atoms with Gasteiger partial charge in [-0.15, -0.1) is 0 Å². The molecule has 0 aliphatic carbocycles. The zero-order chi connectivity index (χ0) is 22.8. The molecule has 0 fully saturated rings. The van der Waals surface area contributed by atoms with Crippen molar-refractivity contribution in [1.29, 1.82) is 0 Å². The molecule has 0 radical (unpaired) electrons. The molecule has 5 heteroatoms. The van der Waals surface area contributed by atoms with Crippen LogP contribution in [0.2, 0.25) is 0 Å². The van der Waals surface area contributed by atoms with Crippen LogP contribution in [0.5, 0.6) is 11.5 Å². The number of benzene rings is 3. The molecule has 0 bridgehead atoms. The molecule has 0 heterocycles. The van der Waals surface area contributed by atoms with Gasteiger partial charge in [-0.3, -0.25) is 4.79 Å². The van der Waals surface area contributed by atoms with E-state index in [-0.39, 0.29) is 19.1 Å². The number of nitrogens with one attached hydrogen (secondary N) is 1. The summed E-state index contributed by atoms with van der Waals surface area (Å²) in [6.07, 6.45) is 2.45. The maximum Gasteiger partial charge on any atom is 0.251 e. The summed E-state index contributed by atoms with van der Waals surface area (Å²) >= 11 is 0. The van der Waals surface area contributed by atoms with Crippen molar-refractivity contribution < 1.29 is 19.4 Å². The molecular formula is C27H31NO4. The summed E-state index contributed by atoms with van der Waals surface area (Å²) in [6, 6.07) is 21.9. The Balaban J connectivity index is 1.97. The Morgan fingerprint density at radius 2 is 1.81 bits per heavy atom.